The third kappa shape index (κ3) is 3.08. The smallest absolute Gasteiger partial charge is 0.397 e. The molecule has 1 aliphatic rings. The number of fused-ring (bicyclic) bond motifs is 1. The number of rotatable bonds is 1. The number of alkyl halides is 3. The van der Waals surface area contributed by atoms with Gasteiger partial charge in [0.25, 0.3) is 0 Å². The summed E-state index contributed by atoms with van der Waals surface area (Å²) in [4.78, 5) is 13.7. The lowest BCUT2D eigenvalue weighted by Crippen LogP contribution is -2.30. The van der Waals surface area contributed by atoms with Gasteiger partial charge in [0.15, 0.2) is 0 Å². The van der Waals surface area contributed by atoms with E-state index >= 15 is 0 Å². The highest BCUT2D eigenvalue weighted by Crippen LogP contribution is 2.33. The van der Waals surface area contributed by atoms with Crippen LogP contribution in [0.1, 0.15) is 16.7 Å². The van der Waals surface area contributed by atoms with E-state index in [0.717, 1.165) is 12.1 Å². The van der Waals surface area contributed by atoms with Crippen LogP contribution in [0.3, 0.4) is 0 Å². The summed E-state index contributed by atoms with van der Waals surface area (Å²) in [6.45, 7) is 0.407. The van der Waals surface area contributed by atoms with E-state index in [1.807, 2.05) is 0 Å². The second-order valence-electron chi connectivity index (χ2n) is 5.35. The van der Waals surface area contributed by atoms with Crippen LogP contribution in [-0.4, -0.2) is 10.9 Å². The summed E-state index contributed by atoms with van der Waals surface area (Å²) in [5.74, 6) is 0. The second-order valence-corrected chi connectivity index (χ2v) is 5.35. The molecule has 1 heterocycles. The first-order valence-corrected chi connectivity index (χ1v) is 6.94. The molecular weight excluding hydrogens is 307 g/mol. The number of halogens is 3. The number of amides is 2. The van der Waals surface area contributed by atoms with E-state index in [1.54, 1.807) is 24.3 Å². The van der Waals surface area contributed by atoms with Gasteiger partial charge in [0.05, 0.1) is 16.9 Å². The Morgan fingerprint density at radius 2 is 1.78 bits per heavy atom. The van der Waals surface area contributed by atoms with Crippen molar-refractivity contribution in [3.63, 3.8) is 0 Å². The third-order valence-electron chi connectivity index (χ3n) is 3.75. The molecule has 2 aromatic carbocycles. The topological polar surface area (TPSA) is 58.4 Å². The zero-order valence-corrected chi connectivity index (χ0v) is 12.0. The molecule has 2 aromatic rings. The number of carbonyl (C=O) groups excluding carboxylic acids is 1. The molecule has 0 bridgehead atoms. The van der Waals surface area contributed by atoms with Crippen LogP contribution < -0.4 is 11.1 Å². The number of carbonyl (C=O) groups is 1. The highest BCUT2D eigenvalue weighted by atomic mass is 19.4. The Kier molecular flexibility index (Phi) is 3.63. The summed E-state index contributed by atoms with van der Waals surface area (Å²) in [7, 11) is 0. The fourth-order valence-electron chi connectivity index (χ4n) is 2.52. The quantitative estimate of drug-likeness (QED) is 0.784. The minimum absolute atomic E-state index is 0.137. The Bertz CT molecular complexity index is 758. The summed E-state index contributed by atoms with van der Waals surface area (Å²) in [6, 6.07) is 9.96. The molecule has 1 aliphatic heterocycles. The maximum Gasteiger partial charge on any atom is 0.416 e. The first kappa shape index (κ1) is 15.2. The highest BCUT2D eigenvalue weighted by molar-refractivity contribution is 5.92. The largest absolute Gasteiger partial charge is 0.416 e. The molecule has 0 spiro atoms. The van der Waals surface area contributed by atoms with E-state index in [2.05, 4.69) is 5.32 Å². The SMILES string of the molecule is Nc1ccccc1NC(=O)N1Cc2ccc(C(F)(F)F)cc2C1. The zero-order valence-electron chi connectivity index (χ0n) is 12.0. The molecule has 0 saturated carbocycles. The number of benzene rings is 2. The van der Waals surface area contributed by atoms with Crippen molar-refractivity contribution in [3.05, 3.63) is 59.2 Å². The molecule has 2 amide bonds. The molecule has 4 nitrogen and oxygen atoms in total. The van der Waals surface area contributed by atoms with Crippen molar-refractivity contribution in [1.82, 2.24) is 4.90 Å². The standard InChI is InChI=1S/C16H14F3N3O/c17-16(18,19)12-6-5-10-8-22(9-11(10)7-12)15(23)21-14-4-2-1-3-13(14)20/h1-7H,8-9,20H2,(H,21,23). The molecule has 0 atom stereocenters. The van der Waals surface area contributed by atoms with E-state index < -0.39 is 17.8 Å². The van der Waals surface area contributed by atoms with Crippen molar-refractivity contribution in [2.45, 2.75) is 19.3 Å². The van der Waals surface area contributed by atoms with Gasteiger partial charge in [0.1, 0.15) is 0 Å². The van der Waals surface area contributed by atoms with Crippen LogP contribution in [0.4, 0.5) is 29.3 Å². The lowest BCUT2D eigenvalue weighted by Gasteiger charge is -2.17. The maximum atomic E-state index is 12.7. The molecule has 3 N–H and O–H groups in total. The normalized spacial score (nSPS) is 13.8. The van der Waals surface area contributed by atoms with Crippen molar-refractivity contribution in [2.24, 2.45) is 0 Å². The average Bonchev–Trinajstić information content (AvgIpc) is 2.92. The Morgan fingerprint density at radius 1 is 1.09 bits per heavy atom. The second kappa shape index (κ2) is 5.49. The number of nitrogen functional groups attached to an aromatic ring is 1. The highest BCUT2D eigenvalue weighted by Gasteiger charge is 2.33. The molecule has 7 heteroatoms. The summed E-state index contributed by atoms with van der Waals surface area (Å²) >= 11 is 0. The van der Waals surface area contributed by atoms with E-state index in [9.17, 15) is 18.0 Å². The zero-order chi connectivity index (χ0) is 16.6. The maximum absolute atomic E-state index is 12.7. The molecule has 23 heavy (non-hydrogen) atoms. The monoisotopic (exact) mass is 321 g/mol. The number of anilines is 2. The van der Waals surface area contributed by atoms with Gasteiger partial charge in [-0.1, -0.05) is 18.2 Å². The minimum Gasteiger partial charge on any atom is -0.397 e. The Balaban J connectivity index is 1.74. The number of nitrogens with zero attached hydrogens (tertiary/aromatic N) is 1. The third-order valence-corrected chi connectivity index (χ3v) is 3.75. The summed E-state index contributed by atoms with van der Waals surface area (Å²) in [5, 5.41) is 2.67. The molecule has 0 unspecified atom stereocenters. The number of para-hydroxylation sites is 2. The predicted octanol–water partition coefficient (Wildman–Crippen LogP) is 3.84. The molecule has 0 fully saturated rings. The molecule has 3 rings (SSSR count). The van der Waals surface area contributed by atoms with Crippen LogP contribution in [0.25, 0.3) is 0 Å². The summed E-state index contributed by atoms with van der Waals surface area (Å²) < 4.78 is 38.2. The summed E-state index contributed by atoms with van der Waals surface area (Å²) in [6.07, 6.45) is -4.39. The molecule has 0 aliphatic carbocycles. The van der Waals surface area contributed by atoms with Gasteiger partial charge in [0.2, 0.25) is 0 Å². The number of nitrogens with one attached hydrogen (secondary N) is 1. The lowest BCUT2D eigenvalue weighted by atomic mass is 10.1. The Morgan fingerprint density at radius 3 is 2.48 bits per heavy atom. The van der Waals surface area contributed by atoms with E-state index in [1.165, 1.54) is 11.0 Å². The summed E-state index contributed by atoms with van der Waals surface area (Å²) in [5.41, 5.74) is 7.19. The van der Waals surface area contributed by atoms with E-state index in [-0.39, 0.29) is 13.1 Å². The van der Waals surface area contributed by atoms with Crippen molar-refractivity contribution >= 4 is 17.4 Å². The molecule has 0 aromatic heterocycles. The van der Waals surface area contributed by atoms with Crippen LogP contribution in [0.15, 0.2) is 42.5 Å². The van der Waals surface area contributed by atoms with Gasteiger partial charge in [-0.3, -0.25) is 0 Å². The minimum atomic E-state index is -4.39. The first-order valence-electron chi connectivity index (χ1n) is 6.94. The Labute approximate surface area is 130 Å². The molecule has 0 saturated heterocycles. The fourth-order valence-corrected chi connectivity index (χ4v) is 2.52. The van der Waals surface area contributed by atoms with Crippen LogP contribution in [0.2, 0.25) is 0 Å². The lowest BCUT2D eigenvalue weighted by molar-refractivity contribution is -0.137. The number of nitrogens with two attached hydrogens (primary N) is 1. The van der Waals surface area contributed by atoms with Gasteiger partial charge in [-0.15, -0.1) is 0 Å². The fraction of sp³-hybridized carbons (Fsp3) is 0.188. The van der Waals surface area contributed by atoms with Gasteiger partial charge in [-0.25, -0.2) is 4.79 Å². The van der Waals surface area contributed by atoms with Gasteiger partial charge in [0, 0.05) is 13.1 Å². The van der Waals surface area contributed by atoms with Crippen LogP contribution >= 0.6 is 0 Å². The van der Waals surface area contributed by atoms with Crippen LogP contribution in [-0.2, 0) is 19.3 Å². The average molecular weight is 321 g/mol. The van der Waals surface area contributed by atoms with Gasteiger partial charge in [-0.2, -0.15) is 13.2 Å². The molecule has 120 valence electrons. The van der Waals surface area contributed by atoms with Gasteiger partial charge < -0.3 is 16.0 Å². The molecule has 0 radical (unpaired) electrons. The number of hydrogen-bond donors (Lipinski definition) is 2. The van der Waals surface area contributed by atoms with Crippen molar-refractivity contribution in [3.8, 4) is 0 Å². The van der Waals surface area contributed by atoms with Crippen LogP contribution in [0, 0.1) is 0 Å². The van der Waals surface area contributed by atoms with Crippen molar-refractivity contribution < 1.29 is 18.0 Å². The Hall–Kier alpha value is -2.70. The van der Waals surface area contributed by atoms with Gasteiger partial charge >= 0.3 is 12.2 Å². The van der Waals surface area contributed by atoms with E-state index in [4.69, 9.17) is 5.73 Å². The van der Waals surface area contributed by atoms with Crippen LogP contribution in [0.5, 0.6) is 0 Å². The van der Waals surface area contributed by atoms with Gasteiger partial charge in [-0.05, 0) is 35.4 Å². The number of hydrogen-bond acceptors (Lipinski definition) is 2. The number of urea groups is 1. The molecular formula is C16H14F3N3O. The van der Waals surface area contributed by atoms with E-state index in [0.29, 0.717) is 22.5 Å². The first-order chi connectivity index (χ1) is 10.8. The predicted molar refractivity (Wildman–Crippen MR) is 80.6 cm³/mol. The van der Waals surface area contributed by atoms with Crippen molar-refractivity contribution in [1.29, 1.82) is 0 Å². The van der Waals surface area contributed by atoms with Crippen molar-refractivity contribution in [2.75, 3.05) is 11.1 Å².